The van der Waals surface area contributed by atoms with Crippen LogP contribution in [0.2, 0.25) is 0 Å². The summed E-state index contributed by atoms with van der Waals surface area (Å²) in [6.45, 7) is 2.96. The van der Waals surface area contributed by atoms with Gasteiger partial charge in [-0.2, -0.15) is 5.10 Å². The molecule has 4 heteroatoms. The molecule has 2 aromatic rings. The predicted molar refractivity (Wildman–Crippen MR) is 73.8 cm³/mol. The Morgan fingerprint density at radius 3 is 2.53 bits per heavy atom. The second-order valence-corrected chi connectivity index (χ2v) is 5.00. The SMILES string of the molecule is CNCc1c(C)c(-c2ccc(Br)cc2)nn1C. The number of nitrogens with one attached hydrogen (secondary N) is 1. The van der Waals surface area contributed by atoms with E-state index in [9.17, 15) is 0 Å². The summed E-state index contributed by atoms with van der Waals surface area (Å²) in [6.07, 6.45) is 0. The molecule has 0 spiro atoms. The minimum atomic E-state index is 0.839. The van der Waals surface area contributed by atoms with Crippen LogP contribution in [0.15, 0.2) is 28.7 Å². The van der Waals surface area contributed by atoms with E-state index in [0.29, 0.717) is 0 Å². The Hall–Kier alpha value is -1.13. The lowest BCUT2D eigenvalue weighted by Crippen LogP contribution is -2.10. The Kier molecular flexibility index (Phi) is 3.64. The standard InChI is InChI=1S/C13H16BrN3/c1-9-12(8-15-2)17(3)16-13(9)10-4-6-11(14)7-5-10/h4-7,15H,8H2,1-3H3. The van der Waals surface area contributed by atoms with Crippen molar-refractivity contribution in [3.63, 3.8) is 0 Å². The number of aromatic nitrogens is 2. The minimum Gasteiger partial charge on any atom is -0.314 e. The molecule has 0 saturated carbocycles. The average molecular weight is 294 g/mol. The molecule has 1 aromatic heterocycles. The number of aryl methyl sites for hydroxylation is 1. The van der Waals surface area contributed by atoms with Gasteiger partial charge in [0.25, 0.3) is 0 Å². The third-order valence-corrected chi connectivity index (χ3v) is 3.42. The van der Waals surface area contributed by atoms with Crippen molar-refractivity contribution in [2.75, 3.05) is 7.05 Å². The Morgan fingerprint density at radius 1 is 1.29 bits per heavy atom. The number of halogens is 1. The normalized spacial score (nSPS) is 10.8. The third-order valence-electron chi connectivity index (χ3n) is 2.89. The summed E-state index contributed by atoms with van der Waals surface area (Å²) in [5, 5.41) is 7.76. The summed E-state index contributed by atoms with van der Waals surface area (Å²) in [5.41, 5.74) is 4.68. The van der Waals surface area contributed by atoms with Gasteiger partial charge in [0.05, 0.1) is 11.4 Å². The van der Waals surface area contributed by atoms with Crippen molar-refractivity contribution in [1.82, 2.24) is 15.1 Å². The molecule has 0 bridgehead atoms. The first-order valence-electron chi connectivity index (χ1n) is 5.56. The van der Waals surface area contributed by atoms with E-state index >= 15 is 0 Å². The lowest BCUT2D eigenvalue weighted by atomic mass is 10.1. The molecule has 1 heterocycles. The quantitative estimate of drug-likeness (QED) is 0.943. The maximum atomic E-state index is 4.59. The van der Waals surface area contributed by atoms with Gasteiger partial charge in [-0.3, -0.25) is 4.68 Å². The fourth-order valence-corrected chi connectivity index (χ4v) is 2.23. The van der Waals surface area contributed by atoms with Crippen molar-refractivity contribution >= 4 is 15.9 Å². The van der Waals surface area contributed by atoms with Crippen LogP contribution in [0.4, 0.5) is 0 Å². The molecule has 3 nitrogen and oxygen atoms in total. The fourth-order valence-electron chi connectivity index (χ4n) is 1.96. The molecule has 0 unspecified atom stereocenters. The van der Waals surface area contributed by atoms with Gasteiger partial charge in [-0.25, -0.2) is 0 Å². The van der Waals surface area contributed by atoms with E-state index in [0.717, 1.165) is 22.3 Å². The molecule has 0 aliphatic rings. The molecule has 0 radical (unpaired) electrons. The molecule has 0 saturated heterocycles. The lowest BCUT2D eigenvalue weighted by Gasteiger charge is -2.01. The number of hydrogen-bond acceptors (Lipinski definition) is 2. The summed E-state index contributed by atoms with van der Waals surface area (Å²) < 4.78 is 3.04. The van der Waals surface area contributed by atoms with Gasteiger partial charge < -0.3 is 5.32 Å². The minimum absolute atomic E-state index is 0.839. The molecule has 90 valence electrons. The van der Waals surface area contributed by atoms with Crippen LogP contribution in [0.1, 0.15) is 11.3 Å². The van der Waals surface area contributed by atoms with Gasteiger partial charge >= 0.3 is 0 Å². The second kappa shape index (κ2) is 5.02. The number of hydrogen-bond donors (Lipinski definition) is 1. The number of nitrogens with zero attached hydrogens (tertiary/aromatic N) is 2. The van der Waals surface area contributed by atoms with Gasteiger partial charge in [0.1, 0.15) is 0 Å². The molecular weight excluding hydrogens is 278 g/mol. The highest BCUT2D eigenvalue weighted by molar-refractivity contribution is 9.10. The van der Waals surface area contributed by atoms with E-state index < -0.39 is 0 Å². The Morgan fingerprint density at radius 2 is 1.94 bits per heavy atom. The van der Waals surface area contributed by atoms with Crippen LogP contribution >= 0.6 is 15.9 Å². The Balaban J connectivity index is 2.46. The van der Waals surface area contributed by atoms with Crippen LogP contribution in [-0.2, 0) is 13.6 Å². The topological polar surface area (TPSA) is 29.9 Å². The second-order valence-electron chi connectivity index (χ2n) is 4.08. The van der Waals surface area contributed by atoms with E-state index in [4.69, 9.17) is 0 Å². The largest absolute Gasteiger partial charge is 0.314 e. The smallest absolute Gasteiger partial charge is 0.0955 e. The highest BCUT2D eigenvalue weighted by atomic mass is 79.9. The van der Waals surface area contributed by atoms with Crippen LogP contribution < -0.4 is 5.32 Å². The zero-order valence-electron chi connectivity index (χ0n) is 10.3. The highest BCUT2D eigenvalue weighted by Crippen LogP contribution is 2.25. The van der Waals surface area contributed by atoms with Crippen molar-refractivity contribution in [2.24, 2.45) is 7.05 Å². The summed E-state index contributed by atoms with van der Waals surface area (Å²) >= 11 is 3.45. The van der Waals surface area contributed by atoms with Gasteiger partial charge in [-0.1, -0.05) is 28.1 Å². The molecule has 1 aromatic carbocycles. The summed E-state index contributed by atoms with van der Waals surface area (Å²) in [5.74, 6) is 0. The first-order valence-corrected chi connectivity index (χ1v) is 6.35. The van der Waals surface area contributed by atoms with Crippen LogP contribution in [0.25, 0.3) is 11.3 Å². The predicted octanol–water partition coefficient (Wildman–Crippen LogP) is 2.88. The first-order chi connectivity index (χ1) is 8.13. The van der Waals surface area contributed by atoms with Gasteiger partial charge in [0.15, 0.2) is 0 Å². The van der Waals surface area contributed by atoms with Gasteiger partial charge in [0, 0.05) is 23.6 Å². The van der Waals surface area contributed by atoms with Crippen molar-refractivity contribution in [2.45, 2.75) is 13.5 Å². The highest BCUT2D eigenvalue weighted by Gasteiger charge is 2.12. The van der Waals surface area contributed by atoms with E-state index in [1.807, 2.05) is 30.9 Å². The molecule has 0 fully saturated rings. The monoisotopic (exact) mass is 293 g/mol. The van der Waals surface area contributed by atoms with Crippen LogP contribution in [0.3, 0.4) is 0 Å². The first kappa shape index (κ1) is 12.3. The van der Waals surface area contributed by atoms with Crippen LogP contribution in [0.5, 0.6) is 0 Å². The van der Waals surface area contributed by atoms with Crippen molar-refractivity contribution in [3.8, 4) is 11.3 Å². The summed E-state index contributed by atoms with van der Waals surface area (Å²) in [4.78, 5) is 0. The molecule has 0 aliphatic carbocycles. The molecule has 17 heavy (non-hydrogen) atoms. The van der Waals surface area contributed by atoms with Crippen LogP contribution in [-0.4, -0.2) is 16.8 Å². The lowest BCUT2D eigenvalue weighted by molar-refractivity contribution is 0.671. The summed E-state index contributed by atoms with van der Waals surface area (Å²) in [6, 6.07) is 8.26. The van der Waals surface area contributed by atoms with Gasteiger partial charge in [-0.05, 0) is 31.7 Å². The molecule has 1 N–H and O–H groups in total. The van der Waals surface area contributed by atoms with E-state index in [2.05, 4.69) is 45.4 Å². The maximum Gasteiger partial charge on any atom is 0.0955 e. The number of rotatable bonds is 3. The third kappa shape index (κ3) is 2.42. The number of benzene rings is 1. The summed E-state index contributed by atoms with van der Waals surface area (Å²) in [7, 11) is 3.94. The molecule has 0 atom stereocenters. The van der Waals surface area contributed by atoms with Crippen molar-refractivity contribution in [1.29, 1.82) is 0 Å². The molecule has 0 aliphatic heterocycles. The average Bonchev–Trinajstić information content (AvgIpc) is 2.59. The van der Waals surface area contributed by atoms with E-state index in [-0.39, 0.29) is 0 Å². The van der Waals surface area contributed by atoms with Gasteiger partial charge in [-0.15, -0.1) is 0 Å². The maximum absolute atomic E-state index is 4.59. The molecule has 0 amide bonds. The Bertz CT molecular complexity index is 514. The van der Waals surface area contributed by atoms with E-state index in [1.165, 1.54) is 11.3 Å². The zero-order valence-corrected chi connectivity index (χ0v) is 11.9. The van der Waals surface area contributed by atoms with Gasteiger partial charge in [0.2, 0.25) is 0 Å². The van der Waals surface area contributed by atoms with E-state index in [1.54, 1.807) is 0 Å². The Labute approximate surface area is 110 Å². The van der Waals surface area contributed by atoms with Crippen molar-refractivity contribution in [3.05, 3.63) is 40.0 Å². The fraction of sp³-hybridized carbons (Fsp3) is 0.308. The molecule has 2 rings (SSSR count). The van der Waals surface area contributed by atoms with Crippen LogP contribution in [0, 0.1) is 6.92 Å². The van der Waals surface area contributed by atoms with Crippen molar-refractivity contribution < 1.29 is 0 Å². The molecular formula is C13H16BrN3. The zero-order chi connectivity index (χ0) is 12.4.